The van der Waals surface area contributed by atoms with Crippen LogP contribution in [0.1, 0.15) is 32.3 Å². The van der Waals surface area contributed by atoms with Gasteiger partial charge in [-0.05, 0) is 35.7 Å². The molecule has 3 N–H and O–H groups in total. The molecule has 0 saturated heterocycles. The monoisotopic (exact) mass is 212 g/mol. The summed E-state index contributed by atoms with van der Waals surface area (Å²) in [5.74, 6) is 0. The van der Waals surface area contributed by atoms with E-state index in [1.807, 2.05) is 0 Å². The highest BCUT2D eigenvalue weighted by atomic mass is 32.1. The van der Waals surface area contributed by atoms with E-state index >= 15 is 0 Å². The molecular formula is C11H20N2S. The van der Waals surface area contributed by atoms with E-state index in [1.165, 1.54) is 5.56 Å². The molecule has 1 unspecified atom stereocenters. The molecule has 0 aliphatic carbocycles. The van der Waals surface area contributed by atoms with Gasteiger partial charge in [-0.1, -0.05) is 13.3 Å². The predicted molar refractivity (Wildman–Crippen MR) is 63.5 cm³/mol. The van der Waals surface area contributed by atoms with Crippen molar-refractivity contribution in [3.63, 3.8) is 0 Å². The number of hydrogen-bond acceptors (Lipinski definition) is 3. The summed E-state index contributed by atoms with van der Waals surface area (Å²) in [6, 6.07) is 2.14. The summed E-state index contributed by atoms with van der Waals surface area (Å²) >= 11 is 1.74. The van der Waals surface area contributed by atoms with Gasteiger partial charge in [0.2, 0.25) is 0 Å². The third-order valence-electron chi connectivity index (χ3n) is 2.26. The van der Waals surface area contributed by atoms with E-state index in [2.05, 4.69) is 36.0 Å². The molecule has 1 atom stereocenters. The van der Waals surface area contributed by atoms with E-state index in [1.54, 1.807) is 11.3 Å². The fourth-order valence-electron chi connectivity index (χ4n) is 1.55. The van der Waals surface area contributed by atoms with Crippen LogP contribution in [-0.2, 0) is 6.54 Å². The van der Waals surface area contributed by atoms with Crippen LogP contribution in [0.25, 0.3) is 0 Å². The highest BCUT2D eigenvalue weighted by Gasteiger charge is 2.15. The van der Waals surface area contributed by atoms with Crippen molar-refractivity contribution >= 4 is 11.3 Å². The first-order chi connectivity index (χ1) is 6.64. The summed E-state index contributed by atoms with van der Waals surface area (Å²) in [5, 5.41) is 7.66. The molecule has 1 aromatic rings. The average molecular weight is 212 g/mol. The zero-order valence-electron chi connectivity index (χ0n) is 9.05. The highest BCUT2D eigenvalue weighted by molar-refractivity contribution is 7.07. The molecule has 3 heteroatoms. The summed E-state index contributed by atoms with van der Waals surface area (Å²) in [5.41, 5.74) is 7.39. The molecule has 0 spiro atoms. The van der Waals surface area contributed by atoms with Crippen LogP contribution in [0.3, 0.4) is 0 Å². The SMILES string of the molecule is CCCC(C)(N)CNCc1ccsc1. The van der Waals surface area contributed by atoms with Crippen LogP contribution in [-0.4, -0.2) is 12.1 Å². The number of nitrogens with two attached hydrogens (primary N) is 1. The highest BCUT2D eigenvalue weighted by Crippen LogP contribution is 2.08. The van der Waals surface area contributed by atoms with Crippen LogP contribution in [0.5, 0.6) is 0 Å². The van der Waals surface area contributed by atoms with Crippen molar-refractivity contribution in [2.75, 3.05) is 6.54 Å². The molecule has 1 heterocycles. The predicted octanol–water partition coefficient (Wildman–Crippen LogP) is 2.36. The first kappa shape index (κ1) is 11.7. The van der Waals surface area contributed by atoms with E-state index < -0.39 is 0 Å². The molecule has 0 fully saturated rings. The number of hydrogen-bond donors (Lipinski definition) is 2. The maximum atomic E-state index is 6.11. The molecule has 0 aromatic carbocycles. The van der Waals surface area contributed by atoms with Crippen LogP contribution in [0.4, 0.5) is 0 Å². The van der Waals surface area contributed by atoms with Gasteiger partial charge >= 0.3 is 0 Å². The molecule has 0 bridgehead atoms. The standard InChI is InChI=1S/C11H20N2S/c1-3-5-11(2,12)9-13-7-10-4-6-14-8-10/h4,6,8,13H,3,5,7,9,12H2,1-2H3. The summed E-state index contributed by atoms with van der Waals surface area (Å²) in [6.45, 7) is 6.10. The lowest BCUT2D eigenvalue weighted by atomic mass is 9.98. The number of rotatable bonds is 6. The van der Waals surface area contributed by atoms with Crippen LogP contribution in [0, 0.1) is 0 Å². The van der Waals surface area contributed by atoms with Crippen LogP contribution in [0.15, 0.2) is 16.8 Å². The van der Waals surface area contributed by atoms with Crippen molar-refractivity contribution in [1.82, 2.24) is 5.32 Å². The third kappa shape index (κ3) is 4.22. The number of nitrogens with one attached hydrogen (secondary N) is 1. The normalized spacial score (nSPS) is 15.4. The Labute approximate surface area is 90.5 Å². The minimum absolute atomic E-state index is 0.0647. The lowest BCUT2D eigenvalue weighted by molar-refractivity contribution is 0.396. The van der Waals surface area contributed by atoms with Gasteiger partial charge in [-0.3, -0.25) is 0 Å². The third-order valence-corrected chi connectivity index (χ3v) is 2.99. The molecule has 0 aliphatic heterocycles. The Morgan fingerprint density at radius 1 is 1.57 bits per heavy atom. The average Bonchev–Trinajstić information content (AvgIpc) is 2.56. The first-order valence-corrected chi connectivity index (χ1v) is 6.09. The molecule has 0 amide bonds. The Balaban J connectivity index is 2.20. The molecule has 2 nitrogen and oxygen atoms in total. The minimum atomic E-state index is -0.0647. The topological polar surface area (TPSA) is 38.0 Å². The largest absolute Gasteiger partial charge is 0.324 e. The van der Waals surface area contributed by atoms with Gasteiger partial charge in [0.1, 0.15) is 0 Å². The van der Waals surface area contributed by atoms with E-state index in [-0.39, 0.29) is 5.54 Å². The minimum Gasteiger partial charge on any atom is -0.324 e. The molecule has 0 saturated carbocycles. The maximum Gasteiger partial charge on any atom is 0.0252 e. The van der Waals surface area contributed by atoms with E-state index in [0.29, 0.717) is 0 Å². The van der Waals surface area contributed by atoms with Gasteiger partial charge in [0.15, 0.2) is 0 Å². The summed E-state index contributed by atoms with van der Waals surface area (Å²) < 4.78 is 0. The first-order valence-electron chi connectivity index (χ1n) is 5.15. The smallest absolute Gasteiger partial charge is 0.0252 e. The Kier molecular flexibility index (Phi) is 4.58. The second-order valence-corrected chi connectivity index (χ2v) is 4.92. The van der Waals surface area contributed by atoms with Crippen molar-refractivity contribution in [2.24, 2.45) is 5.73 Å². The van der Waals surface area contributed by atoms with Crippen molar-refractivity contribution in [3.8, 4) is 0 Å². The van der Waals surface area contributed by atoms with Crippen LogP contribution in [0.2, 0.25) is 0 Å². The van der Waals surface area contributed by atoms with E-state index in [9.17, 15) is 0 Å². The number of thiophene rings is 1. The quantitative estimate of drug-likeness (QED) is 0.759. The van der Waals surface area contributed by atoms with Gasteiger partial charge < -0.3 is 11.1 Å². The molecule has 0 radical (unpaired) electrons. The second kappa shape index (κ2) is 5.49. The van der Waals surface area contributed by atoms with E-state index in [4.69, 9.17) is 5.73 Å². The fraction of sp³-hybridized carbons (Fsp3) is 0.636. The molecule has 0 aliphatic rings. The summed E-state index contributed by atoms with van der Waals surface area (Å²) in [7, 11) is 0. The Hall–Kier alpha value is -0.380. The Bertz CT molecular complexity index is 242. The lowest BCUT2D eigenvalue weighted by Gasteiger charge is -2.24. The fourth-order valence-corrected chi connectivity index (χ4v) is 2.21. The zero-order valence-corrected chi connectivity index (χ0v) is 9.86. The van der Waals surface area contributed by atoms with E-state index in [0.717, 1.165) is 25.9 Å². The Morgan fingerprint density at radius 3 is 2.93 bits per heavy atom. The molecular weight excluding hydrogens is 192 g/mol. The maximum absolute atomic E-state index is 6.11. The molecule has 14 heavy (non-hydrogen) atoms. The van der Waals surface area contributed by atoms with Gasteiger partial charge in [0.05, 0.1) is 0 Å². The van der Waals surface area contributed by atoms with Gasteiger partial charge in [0, 0.05) is 18.6 Å². The van der Waals surface area contributed by atoms with Crippen molar-refractivity contribution < 1.29 is 0 Å². The van der Waals surface area contributed by atoms with Crippen LogP contribution < -0.4 is 11.1 Å². The second-order valence-electron chi connectivity index (χ2n) is 4.14. The summed E-state index contributed by atoms with van der Waals surface area (Å²) in [4.78, 5) is 0. The van der Waals surface area contributed by atoms with Crippen molar-refractivity contribution in [3.05, 3.63) is 22.4 Å². The molecule has 1 aromatic heterocycles. The van der Waals surface area contributed by atoms with Crippen molar-refractivity contribution in [2.45, 2.75) is 38.8 Å². The van der Waals surface area contributed by atoms with Gasteiger partial charge in [-0.25, -0.2) is 0 Å². The zero-order chi connectivity index (χ0) is 10.4. The van der Waals surface area contributed by atoms with Crippen LogP contribution >= 0.6 is 11.3 Å². The van der Waals surface area contributed by atoms with Gasteiger partial charge in [-0.15, -0.1) is 0 Å². The molecule has 1 rings (SSSR count). The Morgan fingerprint density at radius 2 is 2.36 bits per heavy atom. The van der Waals surface area contributed by atoms with Gasteiger partial charge in [0.25, 0.3) is 0 Å². The lowest BCUT2D eigenvalue weighted by Crippen LogP contribution is -2.45. The van der Waals surface area contributed by atoms with Gasteiger partial charge in [-0.2, -0.15) is 11.3 Å². The molecule has 80 valence electrons. The summed E-state index contributed by atoms with van der Waals surface area (Å²) in [6.07, 6.45) is 2.22. The van der Waals surface area contributed by atoms with Crippen molar-refractivity contribution in [1.29, 1.82) is 0 Å².